The molecule has 0 spiro atoms. The van der Waals surface area contributed by atoms with E-state index in [1.54, 1.807) is 12.1 Å². The van der Waals surface area contributed by atoms with Gasteiger partial charge in [-0.3, -0.25) is 4.79 Å². The standard InChI is InChI=1S/C11H11ClN2O2/c1-7-4-9(14-11(15)6-13-2)10(16-3)5-8(7)12/h4-5H,6H2,1,3H3,(H,14,15). The highest BCUT2D eigenvalue weighted by Gasteiger charge is 2.11. The second-order valence-corrected chi connectivity index (χ2v) is 3.57. The zero-order valence-electron chi connectivity index (χ0n) is 9.00. The second-order valence-electron chi connectivity index (χ2n) is 3.17. The van der Waals surface area contributed by atoms with Crippen LogP contribution in [-0.2, 0) is 4.79 Å². The molecule has 1 aromatic rings. The zero-order chi connectivity index (χ0) is 12.1. The van der Waals surface area contributed by atoms with Gasteiger partial charge in [-0.25, -0.2) is 6.57 Å². The summed E-state index contributed by atoms with van der Waals surface area (Å²) in [5.74, 6) is 0.115. The number of nitrogens with one attached hydrogen (secondary N) is 1. The van der Waals surface area contributed by atoms with Crippen LogP contribution in [0.1, 0.15) is 5.56 Å². The smallest absolute Gasteiger partial charge is 0.304 e. The number of anilines is 1. The third kappa shape index (κ3) is 2.88. The Morgan fingerprint density at radius 3 is 2.88 bits per heavy atom. The molecule has 0 aliphatic rings. The lowest BCUT2D eigenvalue weighted by molar-refractivity contribution is -0.114. The number of nitrogens with zero attached hydrogens (tertiary/aromatic N) is 1. The number of hydrogen-bond acceptors (Lipinski definition) is 2. The zero-order valence-corrected chi connectivity index (χ0v) is 9.76. The minimum Gasteiger partial charge on any atom is -0.495 e. The van der Waals surface area contributed by atoms with Crippen LogP contribution in [0.15, 0.2) is 12.1 Å². The summed E-state index contributed by atoms with van der Waals surface area (Å²) in [7, 11) is 1.49. The maximum absolute atomic E-state index is 11.3. The van der Waals surface area contributed by atoms with Gasteiger partial charge in [-0.15, -0.1) is 0 Å². The Morgan fingerprint density at radius 2 is 2.31 bits per heavy atom. The lowest BCUT2D eigenvalue weighted by atomic mass is 10.2. The number of hydrogen-bond donors (Lipinski definition) is 1. The third-order valence-electron chi connectivity index (χ3n) is 1.98. The molecule has 84 valence electrons. The number of carbonyl (C=O) groups is 1. The number of ether oxygens (including phenoxy) is 1. The molecule has 16 heavy (non-hydrogen) atoms. The van der Waals surface area contributed by atoms with Crippen LogP contribution in [0.25, 0.3) is 4.85 Å². The molecule has 0 aliphatic carbocycles. The number of methoxy groups -OCH3 is 1. The van der Waals surface area contributed by atoms with Gasteiger partial charge in [-0.2, -0.15) is 0 Å². The molecule has 0 saturated carbocycles. The van der Waals surface area contributed by atoms with E-state index in [0.29, 0.717) is 16.5 Å². The molecule has 0 aromatic heterocycles. The molecule has 4 nitrogen and oxygen atoms in total. The second kappa shape index (κ2) is 5.38. The summed E-state index contributed by atoms with van der Waals surface area (Å²) in [5.41, 5.74) is 1.36. The molecule has 0 aliphatic heterocycles. The summed E-state index contributed by atoms with van der Waals surface area (Å²) >= 11 is 5.92. The third-order valence-corrected chi connectivity index (χ3v) is 2.38. The predicted molar refractivity (Wildman–Crippen MR) is 62.8 cm³/mol. The van der Waals surface area contributed by atoms with Gasteiger partial charge < -0.3 is 14.9 Å². The Bertz CT molecular complexity index is 452. The summed E-state index contributed by atoms with van der Waals surface area (Å²) < 4.78 is 5.08. The molecule has 0 heterocycles. The molecule has 1 rings (SSSR count). The molecule has 1 amide bonds. The molecule has 0 fully saturated rings. The molecule has 0 bridgehead atoms. The van der Waals surface area contributed by atoms with E-state index in [1.165, 1.54) is 7.11 Å². The molecule has 0 radical (unpaired) electrons. The number of aryl methyl sites for hydroxylation is 1. The van der Waals surface area contributed by atoms with Crippen molar-refractivity contribution in [3.63, 3.8) is 0 Å². The topological polar surface area (TPSA) is 42.7 Å². The van der Waals surface area contributed by atoms with Crippen LogP contribution < -0.4 is 10.1 Å². The largest absolute Gasteiger partial charge is 0.495 e. The van der Waals surface area contributed by atoms with E-state index < -0.39 is 0 Å². The number of halogens is 1. The Kier molecular flexibility index (Phi) is 4.15. The summed E-state index contributed by atoms with van der Waals surface area (Å²) in [6.45, 7) is 8.21. The molecule has 1 aromatic carbocycles. The molecular formula is C11H11ClN2O2. The Morgan fingerprint density at radius 1 is 1.62 bits per heavy atom. The van der Waals surface area contributed by atoms with Gasteiger partial charge in [0.2, 0.25) is 0 Å². The quantitative estimate of drug-likeness (QED) is 0.823. The van der Waals surface area contributed by atoms with Crippen LogP contribution in [0.5, 0.6) is 5.75 Å². The van der Waals surface area contributed by atoms with Gasteiger partial charge in [-0.1, -0.05) is 11.6 Å². The molecule has 0 saturated heterocycles. The normalized spacial score (nSPS) is 9.38. The highest BCUT2D eigenvalue weighted by molar-refractivity contribution is 6.31. The molecule has 0 unspecified atom stereocenters. The van der Waals surface area contributed by atoms with Crippen molar-refractivity contribution in [1.82, 2.24) is 0 Å². The Labute approximate surface area is 99.0 Å². The van der Waals surface area contributed by atoms with Crippen molar-refractivity contribution in [2.24, 2.45) is 0 Å². The monoisotopic (exact) mass is 238 g/mol. The van der Waals surface area contributed by atoms with E-state index in [1.807, 2.05) is 6.92 Å². The van der Waals surface area contributed by atoms with E-state index in [0.717, 1.165) is 5.56 Å². The van der Waals surface area contributed by atoms with Gasteiger partial charge in [0.25, 0.3) is 6.54 Å². The molecule has 5 heteroatoms. The number of benzene rings is 1. The lowest BCUT2D eigenvalue weighted by Crippen LogP contribution is -2.14. The van der Waals surface area contributed by atoms with Crippen molar-refractivity contribution in [1.29, 1.82) is 0 Å². The molecular weight excluding hydrogens is 228 g/mol. The fourth-order valence-corrected chi connectivity index (χ4v) is 1.35. The van der Waals surface area contributed by atoms with E-state index >= 15 is 0 Å². The summed E-state index contributed by atoms with van der Waals surface area (Å²) in [5, 5.41) is 3.16. The fraction of sp³-hybridized carbons (Fsp3) is 0.273. The molecule has 0 atom stereocenters. The maximum Gasteiger partial charge on any atom is 0.304 e. The number of amides is 1. The number of rotatable bonds is 3. The van der Waals surface area contributed by atoms with Crippen LogP contribution >= 0.6 is 11.6 Å². The minimum atomic E-state index is -0.366. The first-order valence-electron chi connectivity index (χ1n) is 4.55. The number of carbonyl (C=O) groups excluding carboxylic acids is 1. The average molecular weight is 239 g/mol. The van der Waals surface area contributed by atoms with Crippen molar-refractivity contribution in [3.8, 4) is 5.75 Å². The van der Waals surface area contributed by atoms with E-state index in [4.69, 9.17) is 22.9 Å². The van der Waals surface area contributed by atoms with E-state index in [2.05, 4.69) is 10.2 Å². The predicted octanol–water partition coefficient (Wildman–Crippen LogP) is 2.51. The molecule has 1 N–H and O–H groups in total. The Hall–Kier alpha value is -1.73. The first-order valence-corrected chi connectivity index (χ1v) is 4.93. The fourth-order valence-electron chi connectivity index (χ4n) is 1.19. The Balaban J connectivity index is 2.99. The van der Waals surface area contributed by atoms with Crippen molar-refractivity contribution in [2.75, 3.05) is 19.0 Å². The van der Waals surface area contributed by atoms with Crippen molar-refractivity contribution in [2.45, 2.75) is 6.92 Å². The van der Waals surface area contributed by atoms with Crippen LogP contribution in [0, 0.1) is 13.5 Å². The van der Waals surface area contributed by atoms with Gasteiger partial charge in [0.1, 0.15) is 5.75 Å². The summed E-state index contributed by atoms with van der Waals surface area (Å²) in [4.78, 5) is 14.3. The van der Waals surface area contributed by atoms with Crippen molar-refractivity contribution in [3.05, 3.63) is 34.1 Å². The average Bonchev–Trinajstić information content (AvgIpc) is 2.23. The summed E-state index contributed by atoms with van der Waals surface area (Å²) in [6.07, 6.45) is 0. The first kappa shape index (κ1) is 12.3. The van der Waals surface area contributed by atoms with Crippen LogP contribution in [0.4, 0.5) is 5.69 Å². The van der Waals surface area contributed by atoms with Crippen molar-refractivity contribution >= 4 is 23.2 Å². The maximum atomic E-state index is 11.3. The van der Waals surface area contributed by atoms with E-state index in [-0.39, 0.29) is 12.5 Å². The van der Waals surface area contributed by atoms with Crippen LogP contribution in [0.3, 0.4) is 0 Å². The minimum absolute atomic E-state index is 0.204. The van der Waals surface area contributed by atoms with E-state index in [9.17, 15) is 4.79 Å². The highest BCUT2D eigenvalue weighted by Crippen LogP contribution is 2.30. The van der Waals surface area contributed by atoms with Gasteiger partial charge in [0.05, 0.1) is 12.8 Å². The first-order chi connectivity index (χ1) is 7.58. The SMILES string of the molecule is [C-]#[N+]CC(=O)Nc1cc(C)c(Cl)cc1OC. The lowest BCUT2D eigenvalue weighted by Gasteiger charge is -2.10. The van der Waals surface area contributed by atoms with Gasteiger partial charge in [0, 0.05) is 11.1 Å². The van der Waals surface area contributed by atoms with Gasteiger partial charge in [0.15, 0.2) is 0 Å². The summed E-state index contributed by atoms with van der Waals surface area (Å²) in [6, 6.07) is 3.34. The van der Waals surface area contributed by atoms with Crippen LogP contribution in [0.2, 0.25) is 5.02 Å². The van der Waals surface area contributed by atoms with Crippen molar-refractivity contribution < 1.29 is 9.53 Å². The highest BCUT2D eigenvalue weighted by atomic mass is 35.5. The van der Waals surface area contributed by atoms with Crippen LogP contribution in [-0.4, -0.2) is 19.6 Å². The van der Waals surface area contributed by atoms with Gasteiger partial charge >= 0.3 is 5.91 Å². The van der Waals surface area contributed by atoms with Gasteiger partial charge in [-0.05, 0) is 18.6 Å².